The molecule has 21 heavy (non-hydrogen) atoms. The van der Waals surface area contributed by atoms with Gasteiger partial charge >= 0.3 is 0 Å². The second kappa shape index (κ2) is 5.85. The van der Waals surface area contributed by atoms with E-state index in [4.69, 9.17) is 22.1 Å². The molecule has 1 aromatic rings. The maximum Gasteiger partial charge on any atom is 0.260 e. The maximum absolute atomic E-state index is 12.3. The molecule has 1 aromatic carbocycles. The topological polar surface area (TPSA) is 55.6 Å². The Bertz CT molecular complexity index is 549. The number of amides is 1. The normalized spacial score (nSPS) is 27.8. The van der Waals surface area contributed by atoms with Gasteiger partial charge in [-0.3, -0.25) is 4.79 Å². The number of carbonyl (C=O) groups is 1. The number of hydrogen-bond acceptors (Lipinski definition) is 3. The quantitative estimate of drug-likeness (QED) is 0.931. The molecule has 3 unspecified atom stereocenters. The van der Waals surface area contributed by atoms with E-state index in [2.05, 4.69) is 0 Å². The molecule has 114 valence electrons. The number of rotatable bonds is 3. The highest BCUT2D eigenvalue weighted by molar-refractivity contribution is 6.30. The predicted molar refractivity (Wildman–Crippen MR) is 82.5 cm³/mol. The Morgan fingerprint density at radius 3 is 2.95 bits per heavy atom. The molecule has 0 radical (unpaired) electrons. The zero-order valence-electron chi connectivity index (χ0n) is 12.2. The highest BCUT2D eigenvalue weighted by Gasteiger charge is 2.42. The summed E-state index contributed by atoms with van der Waals surface area (Å²) in [5.74, 6) is 1.82. The first-order valence-electron chi connectivity index (χ1n) is 7.47. The Morgan fingerprint density at radius 2 is 2.24 bits per heavy atom. The molecule has 1 saturated heterocycles. The summed E-state index contributed by atoms with van der Waals surface area (Å²) >= 11 is 5.91. The molecule has 0 aromatic heterocycles. The van der Waals surface area contributed by atoms with Gasteiger partial charge in [0.15, 0.2) is 6.61 Å². The first-order valence-corrected chi connectivity index (χ1v) is 7.84. The van der Waals surface area contributed by atoms with Crippen LogP contribution in [0.5, 0.6) is 5.75 Å². The summed E-state index contributed by atoms with van der Waals surface area (Å²) in [5.41, 5.74) is 7.04. The molecule has 1 heterocycles. The molecule has 1 saturated carbocycles. The van der Waals surface area contributed by atoms with E-state index in [1.165, 1.54) is 0 Å². The number of nitrogens with two attached hydrogens (primary N) is 1. The van der Waals surface area contributed by atoms with Crippen LogP contribution in [-0.2, 0) is 4.79 Å². The number of fused-ring (bicyclic) bond motifs is 1. The summed E-state index contributed by atoms with van der Waals surface area (Å²) in [6.45, 7) is 3.62. The third-order valence-electron chi connectivity index (χ3n) is 4.75. The number of halogens is 1. The van der Waals surface area contributed by atoms with Crippen LogP contribution in [0, 0.1) is 18.8 Å². The van der Waals surface area contributed by atoms with E-state index in [1.54, 1.807) is 12.1 Å². The minimum atomic E-state index is 0.0472. The fourth-order valence-electron chi connectivity index (χ4n) is 3.52. The third kappa shape index (κ3) is 3.01. The van der Waals surface area contributed by atoms with Crippen molar-refractivity contribution in [3.8, 4) is 5.75 Å². The Balaban J connectivity index is 1.55. The van der Waals surface area contributed by atoms with Crippen LogP contribution in [0.1, 0.15) is 18.4 Å². The predicted octanol–water partition coefficient (Wildman–Crippen LogP) is 2.22. The van der Waals surface area contributed by atoms with Crippen molar-refractivity contribution in [2.75, 3.05) is 19.7 Å². The van der Waals surface area contributed by atoms with Gasteiger partial charge in [0.1, 0.15) is 5.75 Å². The van der Waals surface area contributed by atoms with Crippen LogP contribution < -0.4 is 10.5 Å². The zero-order chi connectivity index (χ0) is 15.0. The van der Waals surface area contributed by atoms with Crippen molar-refractivity contribution in [1.29, 1.82) is 0 Å². The zero-order valence-corrected chi connectivity index (χ0v) is 13.0. The minimum absolute atomic E-state index is 0.0472. The molecule has 1 aliphatic carbocycles. The number of nitrogens with zero attached hydrogens (tertiary/aromatic N) is 1. The minimum Gasteiger partial charge on any atom is -0.483 e. The highest BCUT2D eigenvalue weighted by atomic mass is 35.5. The van der Waals surface area contributed by atoms with E-state index in [0.29, 0.717) is 22.6 Å². The third-order valence-corrected chi connectivity index (χ3v) is 4.99. The monoisotopic (exact) mass is 308 g/mol. The van der Waals surface area contributed by atoms with Crippen LogP contribution in [0.2, 0.25) is 5.02 Å². The summed E-state index contributed by atoms with van der Waals surface area (Å²) < 4.78 is 5.63. The van der Waals surface area contributed by atoms with Gasteiger partial charge in [-0.15, -0.1) is 0 Å². The van der Waals surface area contributed by atoms with E-state index < -0.39 is 0 Å². The van der Waals surface area contributed by atoms with Gasteiger partial charge in [-0.25, -0.2) is 0 Å². The lowest BCUT2D eigenvalue weighted by atomic mass is 9.98. The van der Waals surface area contributed by atoms with Crippen LogP contribution in [0.3, 0.4) is 0 Å². The first-order chi connectivity index (χ1) is 10.0. The standard InChI is InChI=1S/C16H21ClN2O2/c1-10-6-12(17)3-5-15(10)21-9-16(20)19-7-11-2-4-14(18)13(11)8-19/h3,5-6,11,13-14H,2,4,7-9,18H2,1H3. The molecule has 2 fully saturated rings. The number of aryl methyl sites for hydroxylation is 1. The smallest absolute Gasteiger partial charge is 0.260 e. The molecule has 3 rings (SSSR count). The van der Waals surface area contributed by atoms with Crippen LogP contribution in [0.4, 0.5) is 0 Å². The summed E-state index contributed by atoms with van der Waals surface area (Å²) in [5, 5.41) is 0.674. The van der Waals surface area contributed by atoms with Crippen molar-refractivity contribution in [3.63, 3.8) is 0 Å². The molecule has 0 spiro atoms. The van der Waals surface area contributed by atoms with E-state index >= 15 is 0 Å². The Kier molecular flexibility index (Phi) is 4.09. The number of hydrogen-bond donors (Lipinski definition) is 1. The first kappa shape index (κ1) is 14.7. The molecule has 5 heteroatoms. The molecule has 3 atom stereocenters. The van der Waals surface area contributed by atoms with Gasteiger partial charge in [0, 0.05) is 24.2 Å². The molecule has 4 nitrogen and oxygen atoms in total. The number of carbonyl (C=O) groups excluding carboxylic acids is 1. The lowest BCUT2D eigenvalue weighted by molar-refractivity contribution is -0.132. The molecule has 1 amide bonds. The summed E-state index contributed by atoms with van der Waals surface area (Å²) in [6, 6.07) is 5.67. The second-order valence-corrected chi connectivity index (χ2v) is 6.60. The van der Waals surface area contributed by atoms with Crippen molar-refractivity contribution < 1.29 is 9.53 Å². The number of ether oxygens (including phenoxy) is 1. The molecule has 2 aliphatic rings. The van der Waals surface area contributed by atoms with Gasteiger partial charge in [0.25, 0.3) is 5.91 Å². The van der Waals surface area contributed by atoms with E-state index in [-0.39, 0.29) is 18.6 Å². The van der Waals surface area contributed by atoms with Gasteiger partial charge in [-0.2, -0.15) is 0 Å². The van der Waals surface area contributed by atoms with Gasteiger partial charge in [-0.05, 0) is 55.4 Å². The van der Waals surface area contributed by atoms with Crippen molar-refractivity contribution in [3.05, 3.63) is 28.8 Å². The molecular weight excluding hydrogens is 288 g/mol. The van der Waals surface area contributed by atoms with Crippen molar-refractivity contribution in [2.45, 2.75) is 25.8 Å². The van der Waals surface area contributed by atoms with Crippen molar-refractivity contribution in [2.24, 2.45) is 17.6 Å². The Hall–Kier alpha value is -1.26. The van der Waals surface area contributed by atoms with E-state index in [0.717, 1.165) is 31.5 Å². The fraction of sp³-hybridized carbons (Fsp3) is 0.562. The fourth-order valence-corrected chi connectivity index (χ4v) is 3.74. The van der Waals surface area contributed by atoms with Crippen LogP contribution >= 0.6 is 11.6 Å². The maximum atomic E-state index is 12.3. The van der Waals surface area contributed by atoms with Gasteiger partial charge < -0.3 is 15.4 Å². The highest BCUT2D eigenvalue weighted by Crippen LogP contribution is 2.37. The molecule has 0 bridgehead atoms. The largest absolute Gasteiger partial charge is 0.483 e. The molecular formula is C16H21ClN2O2. The summed E-state index contributed by atoms with van der Waals surface area (Å²) in [4.78, 5) is 14.2. The Morgan fingerprint density at radius 1 is 1.43 bits per heavy atom. The summed E-state index contributed by atoms with van der Waals surface area (Å²) in [6.07, 6.45) is 2.24. The number of likely N-dealkylation sites (tertiary alicyclic amines) is 1. The van der Waals surface area contributed by atoms with Gasteiger partial charge in [0.2, 0.25) is 0 Å². The van der Waals surface area contributed by atoms with Gasteiger partial charge in [-0.1, -0.05) is 11.6 Å². The number of benzene rings is 1. The lowest BCUT2D eigenvalue weighted by Crippen LogP contribution is -2.36. The average Bonchev–Trinajstić information content (AvgIpc) is 3.00. The van der Waals surface area contributed by atoms with Crippen LogP contribution in [-0.4, -0.2) is 36.5 Å². The van der Waals surface area contributed by atoms with Gasteiger partial charge in [0.05, 0.1) is 0 Å². The Labute approximate surface area is 130 Å². The van der Waals surface area contributed by atoms with Crippen molar-refractivity contribution >= 4 is 17.5 Å². The second-order valence-electron chi connectivity index (χ2n) is 6.16. The average molecular weight is 309 g/mol. The lowest BCUT2D eigenvalue weighted by Gasteiger charge is -2.19. The molecule has 1 aliphatic heterocycles. The molecule has 2 N–H and O–H groups in total. The van der Waals surface area contributed by atoms with Crippen LogP contribution in [0.15, 0.2) is 18.2 Å². The SMILES string of the molecule is Cc1cc(Cl)ccc1OCC(=O)N1CC2CCC(N)C2C1. The van der Waals surface area contributed by atoms with E-state index in [1.807, 2.05) is 17.9 Å². The summed E-state index contributed by atoms with van der Waals surface area (Å²) in [7, 11) is 0. The van der Waals surface area contributed by atoms with Crippen molar-refractivity contribution in [1.82, 2.24) is 4.90 Å². The van der Waals surface area contributed by atoms with E-state index in [9.17, 15) is 4.79 Å². The van der Waals surface area contributed by atoms with Crippen LogP contribution in [0.25, 0.3) is 0 Å².